The molecule has 0 saturated carbocycles. The third-order valence-electron chi connectivity index (χ3n) is 5.33. The standard InChI is InChI=1S/C20H22ClN5O2/c1-5-12(2)26-13(3)10-24-16-17(22-19(24)26)23(4)20(28)25(18(16)27)11-14-7-6-8-15(21)9-14/h6-10,12H,5,11H2,1-4H3/t12-/m1/s1. The first-order chi connectivity index (χ1) is 13.3. The fourth-order valence-electron chi connectivity index (χ4n) is 3.71. The first-order valence-electron chi connectivity index (χ1n) is 9.27. The number of rotatable bonds is 4. The number of hydrogen-bond donors (Lipinski definition) is 0. The molecule has 4 aromatic rings. The molecule has 0 radical (unpaired) electrons. The smallest absolute Gasteiger partial charge is 0.311 e. The van der Waals surface area contributed by atoms with E-state index in [1.165, 1.54) is 9.13 Å². The van der Waals surface area contributed by atoms with Crippen LogP contribution in [0.25, 0.3) is 16.9 Å². The van der Waals surface area contributed by atoms with Crippen molar-refractivity contribution in [3.05, 3.63) is 67.6 Å². The van der Waals surface area contributed by atoms with Gasteiger partial charge in [0, 0.05) is 30.0 Å². The average Bonchev–Trinajstić information content (AvgIpc) is 3.17. The highest BCUT2D eigenvalue weighted by Gasteiger charge is 2.21. The Bertz CT molecular complexity index is 1320. The van der Waals surface area contributed by atoms with Gasteiger partial charge < -0.3 is 4.57 Å². The largest absolute Gasteiger partial charge is 0.332 e. The van der Waals surface area contributed by atoms with E-state index in [-0.39, 0.29) is 18.1 Å². The molecule has 0 unspecified atom stereocenters. The Kier molecular flexibility index (Phi) is 4.42. The van der Waals surface area contributed by atoms with E-state index in [2.05, 4.69) is 23.4 Å². The summed E-state index contributed by atoms with van der Waals surface area (Å²) in [4.78, 5) is 30.8. The number of halogens is 1. The number of aryl methyl sites for hydroxylation is 2. The van der Waals surface area contributed by atoms with Crippen LogP contribution in [0.1, 0.15) is 37.6 Å². The molecule has 0 saturated heterocycles. The van der Waals surface area contributed by atoms with Crippen molar-refractivity contribution in [3.63, 3.8) is 0 Å². The fraction of sp³-hybridized carbons (Fsp3) is 0.350. The summed E-state index contributed by atoms with van der Waals surface area (Å²) in [6.07, 6.45) is 2.85. The topological polar surface area (TPSA) is 66.2 Å². The summed E-state index contributed by atoms with van der Waals surface area (Å²) in [7, 11) is 1.64. The Balaban J connectivity index is 2.02. The number of hydrogen-bond acceptors (Lipinski definition) is 3. The van der Waals surface area contributed by atoms with E-state index in [9.17, 15) is 9.59 Å². The minimum absolute atomic E-state index is 0.153. The van der Waals surface area contributed by atoms with Crippen LogP contribution in [0.2, 0.25) is 5.02 Å². The lowest BCUT2D eigenvalue weighted by Crippen LogP contribution is -2.39. The molecule has 0 fully saturated rings. The zero-order valence-corrected chi connectivity index (χ0v) is 17.1. The molecular weight excluding hydrogens is 378 g/mol. The van der Waals surface area contributed by atoms with Crippen LogP contribution in [0.4, 0.5) is 0 Å². The van der Waals surface area contributed by atoms with Crippen LogP contribution in [-0.2, 0) is 13.6 Å². The van der Waals surface area contributed by atoms with Gasteiger partial charge in [-0.3, -0.25) is 18.3 Å². The molecule has 3 heterocycles. The Labute approximate surface area is 166 Å². The van der Waals surface area contributed by atoms with Gasteiger partial charge >= 0.3 is 5.69 Å². The van der Waals surface area contributed by atoms with Crippen LogP contribution < -0.4 is 11.2 Å². The van der Waals surface area contributed by atoms with Gasteiger partial charge in [-0.25, -0.2) is 4.79 Å². The number of imidazole rings is 2. The zero-order chi connectivity index (χ0) is 20.2. The molecule has 1 aromatic carbocycles. The summed E-state index contributed by atoms with van der Waals surface area (Å²) in [5.41, 5.74) is 1.86. The summed E-state index contributed by atoms with van der Waals surface area (Å²) in [5, 5.41) is 0.566. The predicted octanol–water partition coefficient (Wildman–Crippen LogP) is 3.13. The third-order valence-corrected chi connectivity index (χ3v) is 5.57. The minimum Gasteiger partial charge on any atom is -0.311 e. The van der Waals surface area contributed by atoms with Gasteiger partial charge in [0.15, 0.2) is 11.2 Å². The fourth-order valence-corrected chi connectivity index (χ4v) is 3.92. The van der Waals surface area contributed by atoms with Gasteiger partial charge in [0.2, 0.25) is 5.78 Å². The maximum Gasteiger partial charge on any atom is 0.332 e. The van der Waals surface area contributed by atoms with E-state index in [0.717, 1.165) is 17.7 Å². The molecule has 8 heteroatoms. The molecule has 7 nitrogen and oxygen atoms in total. The van der Waals surface area contributed by atoms with Crippen molar-refractivity contribution in [1.82, 2.24) is 23.1 Å². The van der Waals surface area contributed by atoms with Gasteiger partial charge in [0.25, 0.3) is 5.56 Å². The molecule has 4 rings (SSSR count). The molecule has 0 bridgehead atoms. The van der Waals surface area contributed by atoms with E-state index < -0.39 is 5.69 Å². The van der Waals surface area contributed by atoms with Gasteiger partial charge in [-0.05, 0) is 38.0 Å². The van der Waals surface area contributed by atoms with Crippen molar-refractivity contribution >= 4 is 28.5 Å². The first kappa shape index (κ1) is 18.6. The van der Waals surface area contributed by atoms with E-state index in [0.29, 0.717) is 22.0 Å². The lowest BCUT2D eigenvalue weighted by Gasteiger charge is -2.12. The summed E-state index contributed by atoms with van der Waals surface area (Å²) in [6, 6.07) is 7.40. The van der Waals surface area contributed by atoms with Gasteiger partial charge in [0.05, 0.1) is 6.54 Å². The molecule has 0 N–H and O–H groups in total. The van der Waals surface area contributed by atoms with Crippen molar-refractivity contribution in [2.45, 2.75) is 39.8 Å². The van der Waals surface area contributed by atoms with Crippen LogP contribution in [0.15, 0.2) is 40.1 Å². The Morgan fingerprint density at radius 3 is 2.68 bits per heavy atom. The summed E-state index contributed by atoms with van der Waals surface area (Å²) >= 11 is 6.05. The molecule has 0 spiro atoms. The zero-order valence-electron chi connectivity index (χ0n) is 16.3. The maximum absolute atomic E-state index is 13.3. The van der Waals surface area contributed by atoms with Crippen LogP contribution in [0.3, 0.4) is 0 Å². The molecule has 0 aliphatic heterocycles. The Morgan fingerprint density at radius 2 is 2.00 bits per heavy atom. The normalized spacial score (nSPS) is 12.9. The summed E-state index contributed by atoms with van der Waals surface area (Å²) in [5.74, 6) is 0.675. The third kappa shape index (κ3) is 2.69. The highest BCUT2D eigenvalue weighted by atomic mass is 35.5. The Morgan fingerprint density at radius 1 is 1.25 bits per heavy atom. The molecule has 0 aliphatic carbocycles. The van der Waals surface area contributed by atoms with Crippen molar-refractivity contribution in [1.29, 1.82) is 0 Å². The van der Waals surface area contributed by atoms with Crippen LogP contribution >= 0.6 is 11.6 Å². The first-order valence-corrected chi connectivity index (χ1v) is 9.65. The van der Waals surface area contributed by atoms with E-state index >= 15 is 0 Å². The number of benzene rings is 1. The van der Waals surface area contributed by atoms with Crippen molar-refractivity contribution < 1.29 is 0 Å². The summed E-state index contributed by atoms with van der Waals surface area (Å²) in [6.45, 7) is 6.37. The number of aromatic nitrogens is 5. The monoisotopic (exact) mass is 399 g/mol. The highest BCUT2D eigenvalue weighted by molar-refractivity contribution is 6.30. The maximum atomic E-state index is 13.3. The average molecular weight is 400 g/mol. The van der Waals surface area contributed by atoms with Crippen LogP contribution in [0, 0.1) is 6.92 Å². The SMILES string of the molecule is CC[C@@H](C)n1c(C)cn2c3c(=O)n(Cc4cccc(Cl)c4)c(=O)n(C)c3nc12. The number of nitrogens with zero attached hydrogens (tertiary/aromatic N) is 5. The second kappa shape index (κ2) is 6.67. The van der Waals surface area contributed by atoms with E-state index in [4.69, 9.17) is 11.6 Å². The van der Waals surface area contributed by atoms with Crippen molar-refractivity contribution in [2.75, 3.05) is 0 Å². The van der Waals surface area contributed by atoms with Crippen molar-refractivity contribution in [2.24, 2.45) is 7.05 Å². The van der Waals surface area contributed by atoms with Crippen LogP contribution in [-0.4, -0.2) is 23.1 Å². The highest BCUT2D eigenvalue weighted by Crippen LogP contribution is 2.22. The minimum atomic E-state index is -0.398. The second-order valence-corrected chi connectivity index (χ2v) is 7.65. The molecule has 0 amide bonds. The van der Waals surface area contributed by atoms with Crippen LogP contribution in [0.5, 0.6) is 0 Å². The molecule has 28 heavy (non-hydrogen) atoms. The van der Waals surface area contributed by atoms with Gasteiger partial charge in [-0.15, -0.1) is 0 Å². The predicted molar refractivity (Wildman–Crippen MR) is 110 cm³/mol. The van der Waals surface area contributed by atoms with Gasteiger partial charge in [-0.1, -0.05) is 30.7 Å². The van der Waals surface area contributed by atoms with Crippen molar-refractivity contribution in [3.8, 4) is 0 Å². The quantitative estimate of drug-likeness (QED) is 0.529. The number of fused-ring (bicyclic) bond motifs is 3. The molecule has 1 atom stereocenters. The molecule has 3 aromatic heterocycles. The molecule has 146 valence electrons. The Hall–Kier alpha value is -2.80. The molecular formula is C20H22ClN5O2. The second-order valence-electron chi connectivity index (χ2n) is 7.21. The van der Waals surface area contributed by atoms with E-state index in [1.807, 2.05) is 19.2 Å². The van der Waals surface area contributed by atoms with E-state index in [1.54, 1.807) is 29.6 Å². The van der Waals surface area contributed by atoms with Gasteiger partial charge in [-0.2, -0.15) is 4.98 Å². The lowest BCUT2D eigenvalue weighted by atomic mass is 10.2. The summed E-state index contributed by atoms with van der Waals surface area (Å²) < 4.78 is 6.57. The van der Waals surface area contributed by atoms with Gasteiger partial charge in [0.1, 0.15) is 0 Å². The molecule has 0 aliphatic rings. The lowest BCUT2D eigenvalue weighted by molar-refractivity contribution is 0.532.